The van der Waals surface area contributed by atoms with E-state index in [-0.39, 0.29) is 11.8 Å². The van der Waals surface area contributed by atoms with E-state index in [2.05, 4.69) is 10.4 Å². The molecule has 1 aliphatic heterocycles. The summed E-state index contributed by atoms with van der Waals surface area (Å²) < 4.78 is 1.72. The molecule has 100 valence electrons. The van der Waals surface area contributed by atoms with Gasteiger partial charge in [-0.05, 0) is 39.7 Å². The van der Waals surface area contributed by atoms with Crippen LogP contribution in [0.25, 0.3) is 0 Å². The van der Waals surface area contributed by atoms with Gasteiger partial charge < -0.3 is 5.32 Å². The molecule has 1 saturated heterocycles. The Hall–Kier alpha value is -0.870. The zero-order valence-corrected chi connectivity index (χ0v) is 11.9. The van der Waals surface area contributed by atoms with Crippen molar-refractivity contribution in [2.75, 3.05) is 6.54 Å². The molecule has 0 spiro atoms. The molecule has 1 aromatic heterocycles. The fourth-order valence-corrected chi connectivity index (χ4v) is 2.85. The van der Waals surface area contributed by atoms with Gasteiger partial charge in [-0.3, -0.25) is 9.48 Å². The van der Waals surface area contributed by atoms with E-state index in [1.54, 1.807) is 10.9 Å². The molecule has 0 aromatic carbocycles. The quantitative estimate of drug-likeness (QED) is 0.855. The summed E-state index contributed by atoms with van der Waals surface area (Å²) in [6, 6.07) is 0.131. The van der Waals surface area contributed by atoms with E-state index >= 15 is 0 Å². The lowest BCUT2D eigenvalue weighted by Crippen LogP contribution is -2.47. The van der Waals surface area contributed by atoms with Crippen LogP contribution in [0.1, 0.15) is 56.6 Å². The zero-order chi connectivity index (χ0) is 13.3. The molecule has 1 aliphatic rings. The van der Waals surface area contributed by atoms with Crippen molar-refractivity contribution in [1.82, 2.24) is 15.1 Å². The first-order valence-electron chi connectivity index (χ1n) is 6.54. The zero-order valence-electron chi connectivity index (χ0n) is 11.2. The summed E-state index contributed by atoms with van der Waals surface area (Å²) in [5.41, 5.74) is 0.0963. The predicted molar refractivity (Wildman–Crippen MR) is 72.2 cm³/mol. The Morgan fingerprint density at radius 3 is 2.89 bits per heavy atom. The average Bonchev–Trinajstić information content (AvgIpc) is 2.95. The third-order valence-corrected chi connectivity index (χ3v) is 4.01. The Balaban J connectivity index is 2.42. The van der Waals surface area contributed by atoms with Crippen LogP contribution in [-0.4, -0.2) is 27.6 Å². The van der Waals surface area contributed by atoms with Gasteiger partial charge in [-0.25, -0.2) is 0 Å². The molecule has 1 unspecified atom stereocenters. The Labute approximate surface area is 113 Å². The summed E-state index contributed by atoms with van der Waals surface area (Å²) >= 11 is 6.15. The first-order chi connectivity index (χ1) is 8.52. The highest BCUT2D eigenvalue weighted by Gasteiger charge is 2.42. The van der Waals surface area contributed by atoms with E-state index in [0.717, 1.165) is 25.8 Å². The molecule has 1 atom stereocenters. The Morgan fingerprint density at radius 2 is 2.39 bits per heavy atom. The molecule has 0 bridgehead atoms. The fourth-order valence-electron chi connectivity index (χ4n) is 2.63. The number of ketones is 1. The molecule has 18 heavy (non-hydrogen) atoms. The summed E-state index contributed by atoms with van der Waals surface area (Å²) in [5, 5.41) is 8.02. The highest BCUT2D eigenvalue weighted by atomic mass is 35.5. The lowest BCUT2D eigenvalue weighted by molar-refractivity contribution is 0.0850. The number of hydrogen-bond acceptors (Lipinski definition) is 3. The van der Waals surface area contributed by atoms with Crippen LogP contribution in [0.5, 0.6) is 0 Å². The van der Waals surface area contributed by atoms with Crippen molar-refractivity contribution in [1.29, 1.82) is 0 Å². The third-order valence-electron chi connectivity index (χ3n) is 3.74. The van der Waals surface area contributed by atoms with E-state index in [1.165, 1.54) is 0 Å². The van der Waals surface area contributed by atoms with Gasteiger partial charge >= 0.3 is 0 Å². The largest absolute Gasteiger partial charge is 0.305 e. The van der Waals surface area contributed by atoms with Crippen LogP contribution in [0.3, 0.4) is 0 Å². The van der Waals surface area contributed by atoms with Gasteiger partial charge in [0.1, 0.15) is 5.69 Å². The fraction of sp³-hybridized carbons (Fsp3) is 0.692. The number of nitrogens with one attached hydrogen (secondary N) is 1. The first kappa shape index (κ1) is 13.6. The minimum Gasteiger partial charge on any atom is -0.305 e. The van der Waals surface area contributed by atoms with Crippen molar-refractivity contribution in [2.24, 2.45) is 0 Å². The smallest absolute Gasteiger partial charge is 0.202 e. The topological polar surface area (TPSA) is 46.9 Å². The minimum atomic E-state index is -0.448. The monoisotopic (exact) mass is 269 g/mol. The second-order valence-corrected chi connectivity index (χ2v) is 5.58. The SMILES string of the molecule is CCC1(C(=O)c2c(Cl)cnn2C(C)C)CCCN1. The number of carbonyl (C=O) groups excluding carboxylic acids is 1. The van der Waals surface area contributed by atoms with Gasteiger partial charge in [0.2, 0.25) is 5.78 Å². The standard InChI is InChI=1S/C13H20ClN3O/c1-4-13(6-5-7-15-13)12(18)11-10(14)8-16-17(11)9(2)3/h8-9,15H,4-7H2,1-3H3. The van der Waals surface area contributed by atoms with Gasteiger partial charge in [-0.15, -0.1) is 0 Å². The molecule has 0 amide bonds. The number of Topliss-reactive ketones (excluding diaryl/α,β-unsaturated/α-hetero) is 1. The molecular weight excluding hydrogens is 250 g/mol. The van der Waals surface area contributed by atoms with Gasteiger partial charge in [0.15, 0.2) is 0 Å². The van der Waals surface area contributed by atoms with E-state index in [4.69, 9.17) is 11.6 Å². The van der Waals surface area contributed by atoms with Crippen molar-refractivity contribution in [3.05, 3.63) is 16.9 Å². The van der Waals surface area contributed by atoms with Crippen LogP contribution >= 0.6 is 11.6 Å². The average molecular weight is 270 g/mol. The van der Waals surface area contributed by atoms with Crippen LogP contribution < -0.4 is 5.32 Å². The lowest BCUT2D eigenvalue weighted by atomic mass is 9.87. The number of rotatable bonds is 4. The van der Waals surface area contributed by atoms with E-state index in [0.29, 0.717) is 10.7 Å². The summed E-state index contributed by atoms with van der Waals surface area (Å²) in [5.74, 6) is 0.0821. The molecule has 1 fully saturated rings. The van der Waals surface area contributed by atoms with Crippen molar-refractivity contribution in [3.8, 4) is 0 Å². The molecule has 0 aliphatic carbocycles. The number of halogens is 1. The summed E-state index contributed by atoms with van der Waals surface area (Å²) in [6.45, 7) is 6.94. The highest BCUT2D eigenvalue weighted by molar-refractivity contribution is 6.34. The molecule has 0 saturated carbocycles. The highest BCUT2D eigenvalue weighted by Crippen LogP contribution is 2.31. The van der Waals surface area contributed by atoms with Crippen molar-refractivity contribution in [2.45, 2.75) is 51.6 Å². The number of carbonyl (C=O) groups is 1. The Kier molecular flexibility index (Phi) is 3.78. The van der Waals surface area contributed by atoms with Crippen LogP contribution in [0.4, 0.5) is 0 Å². The van der Waals surface area contributed by atoms with Crippen molar-refractivity contribution in [3.63, 3.8) is 0 Å². The normalized spacial score (nSPS) is 23.8. The number of hydrogen-bond donors (Lipinski definition) is 1. The minimum absolute atomic E-state index is 0.0821. The molecule has 1 aromatic rings. The maximum atomic E-state index is 12.8. The van der Waals surface area contributed by atoms with E-state index < -0.39 is 5.54 Å². The summed E-state index contributed by atoms with van der Waals surface area (Å²) in [6.07, 6.45) is 4.26. The second kappa shape index (κ2) is 5.02. The summed E-state index contributed by atoms with van der Waals surface area (Å²) in [4.78, 5) is 12.8. The van der Waals surface area contributed by atoms with Gasteiger partial charge in [0, 0.05) is 6.04 Å². The van der Waals surface area contributed by atoms with Gasteiger partial charge in [-0.2, -0.15) is 5.10 Å². The molecule has 4 nitrogen and oxygen atoms in total. The van der Waals surface area contributed by atoms with E-state index in [9.17, 15) is 4.79 Å². The summed E-state index contributed by atoms with van der Waals surface area (Å²) in [7, 11) is 0. The maximum absolute atomic E-state index is 12.8. The molecule has 2 rings (SSSR count). The molecular formula is C13H20ClN3O. The van der Waals surface area contributed by atoms with Gasteiger partial charge in [-0.1, -0.05) is 18.5 Å². The Bertz CT molecular complexity index is 447. The number of aromatic nitrogens is 2. The van der Waals surface area contributed by atoms with Crippen molar-refractivity contribution < 1.29 is 4.79 Å². The van der Waals surface area contributed by atoms with Gasteiger partial charge in [0.05, 0.1) is 16.8 Å². The molecule has 1 N–H and O–H groups in total. The van der Waals surface area contributed by atoms with Crippen LogP contribution in [0.15, 0.2) is 6.20 Å². The third kappa shape index (κ3) is 2.08. The molecule has 2 heterocycles. The lowest BCUT2D eigenvalue weighted by Gasteiger charge is -2.27. The number of nitrogens with zero attached hydrogens (tertiary/aromatic N) is 2. The van der Waals surface area contributed by atoms with Gasteiger partial charge in [0.25, 0.3) is 0 Å². The van der Waals surface area contributed by atoms with Crippen LogP contribution in [0.2, 0.25) is 5.02 Å². The molecule has 5 heteroatoms. The Morgan fingerprint density at radius 1 is 1.67 bits per heavy atom. The van der Waals surface area contributed by atoms with Crippen LogP contribution in [0, 0.1) is 0 Å². The maximum Gasteiger partial charge on any atom is 0.202 e. The predicted octanol–water partition coefficient (Wildman–Crippen LogP) is 2.83. The van der Waals surface area contributed by atoms with Crippen molar-refractivity contribution >= 4 is 17.4 Å². The second-order valence-electron chi connectivity index (χ2n) is 5.17. The van der Waals surface area contributed by atoms with Crippen LogP contribution in [-0.2, 0) is 0 Å². The first-order valence-corrected chi connectivity index (χ1v) is 6.92. The van der Waals surface area contributed by atoms with E-state index in [1.807, 2.05) is 20.8 Å². The molecule has 0 radical (unpaired) electrons.